The van der Waals surface area contributed by atoms with Gasteiger partial charge in [-0.3, -0.25) is 4.79 Å². The average Bonchev–Trinajstić information content (AvgIpc) is 2.33. The number of nitrogens with one attached hydrogen (secondary N) is 1. The molecule has 0 radical (unpaired) electrons. The Morgan fingerprint density at radius 3 is 2.71 bits per heavy atom. The third-order valence-electron chi connectivity index (χ3n) is 3.32. The minimum Gasteiger partial charge on any atom is -0.317 e. The lowest BCUT2D eigenvalue weighted by Gasteiger charge is -2.21. The third-order valence-corrected chi connectivity index (χ3v) is 3.32. The molecule has 1 aliphatic rings. The van der Waals surface area contributed by atoms with E-state index in [1.54, 1.807) is 18.2 Å². The Hall–Kier alpha value is -1.22. The maximum atomic E-state index is 13.4. The van der Waals surface area contributed by atoms with E-state index in [4.69, 9.17) is 0 Å². The van der Waals surface area contributed by atoms with Crippen LogP contribution in [-0.2, 0) is 11.2 Å². The van der Waals surface area contributed by atoms with E-state index < -0.39 is 0 Å². The van der Waals surface area contributed by atoms with Crippen LogP contribution in [0.1, 0.15) is 24.8 Å². The average molecular weight is 235 g/mol. The van der Waals surface area contributed by atoms with Crippen LogP contribution in [0.15, 0.2) is 24.3 Å². The predicted octanol–water partition coefficient (Wildman–Crippen LogP) is 2.33. The number of carbonyl (C=O) groups is 1. The van der Waals surface area contributed by atoms with Crippen molar-refractivity contribution in [2.24, 2.45) is 5.92 Å². The Labute approximate surface area is 101 Å². The molecule has 1 N–H and O–H groups in total. The number of rotatable bonds is 4. The van der Waals surface area contributed by atoms with Gasteiger partial charge in [-0.15, -0.1) is 0 Å². The Morgan fingerprint density at radius 1 is 1.29 bits per heavy atom. The highest BCUT2D eigenvalue weighted by Crippen LogP contribution is 2.18. The number of carbonyl (C=O) groups excluding carboxylic acids is 1. The van der Waals surface area contributed by atoms with Gasteiger partial charge in [-0.1, -0.05) is 18.2 Å². The van der Waals surface area contributed by atoms with Crippen molar-refractivity contribution in [3.8, 4) is 0 Å². The lowest BCUT2D eigenvalue weighted by molar-refractivity contribution is -0.119. The lowest BCUT2D eigenvalue weighted by atomic mass is 9.91. The largest absolute Gasteiger partial charge is 0.317 e. The molecule has 0 saturated carbocycles. The first-order chi connectivity index (χ1) is 8.25. The van der Waals surface area contributed by atoms with Gasteiger partial charge >= 0.3 is 0 Å². The van der Waals surface area contributed by atoms with Crippen LogP contribution < -0.4 is 5.32 Å². The summed E-state index contributed by atoms with van der Waals surface area (Å²) in [4.78, 5) is 11.8. The summed E-state index contributed by atoms with van der Waals surface area (Å²) >= 11 is 0. The summed E-state index contributed by atoms with van der Waals surface area (Å²) in [7, 11) is 0. The third kappa shape index (κ3) is 3.63. The number of hydrogen-bond acceptors (Lipinski definition) is 2. The zero-order valence-corrected chi connectivity index (χ0v) is 9.92. The summed E-state index contributed by atoms with van der Waals surface area (Å²) in [5, 5.41) is 3.28. The fourth-order valence-electron chi connectivity index (χ4n) is 2.33. The molecule has 1 aromatic carbocycles. The van der Waals surface area contributed by atoms with Crippen molar-refractivity contribution in [3.63, 3.8) is 0 Å². The van der Waals surface area contributed by atoms with E-state index >= 15 is 0 Å². The summed E-state index contributed by atoms with van der Waals surface area (Å²) in [6.07, 6.45) is 2.94. The van der Waals surface area contributed by atoms with E-state index in [0.717, 1.165) is 25.9 Å². The number of Topliss-reactive ketones (excluding diaryl/α,β-unsaturated/α-hetero) is 1. The van der Waals surface area contributed by atoms with Crippen LogP contribution in [0.4, 0.5) is 4.39 Å². The highest BCUT2D eigenvalue weighted by molar-refractivity contribution is 5.81. The van der Waals surface area contributed by atoms with Gasteiger partial charge in [0.2, 0.25) is 0 Å². The molecule has 2 rings (SSSR count). The Balaban J connectivity index is 1.86. The quantitative estimate of drug-likeness (QED) is 0.867. The summed E-state index contributed by atoms with van der Waals surface area (Å²) in [6, 6.07) is 6.52. The van der Waals surface area contributed by atoms with E-state index in [1.807, 2.05) is 0 Å². The molecule has 0 atom stereocenters. The minimum absolute atomic E-state index is 0.155. The molecule has 1 fully saturated rings. The van der Waals surface area contributed by atoms with Gasteiger partial charge in [-0.25, -0.2) is 4.39 Å². The molecule has 17 heavy (non-hydrogen) atoms. The van der Waals surface area contributed by atoms with E-state index in [0.29, 0.717) is 17.9 Å². The molecule has 1 aliphatic heterocycles. The molecular formula is C14H18FNO. The molecule has 0 amide bonds. The summed E-state index contributed by atoms with van der Waals surface area (Å²) < 4.78 is 13.4. The molecule has 0 spiro atoms. The van der Waals surface area contributed by atoms with Gasteiger partial charge in [-0.05, 0) is 43.5 Å². The molecule has 0 unspecified atom stereocenters. The molecular weight excluding hydrogens is 217 g/mol. The Kier molecular flexibility index (Phi) is 4.26. The van der Waals surface area contributed by atoms with E-state index in [1.165, 1.54) is 6.07 Å². The van der Waals surface area contributed by atoms with Crippen molar-refractivity contribution < 1.29 is 9.18 Å². The van der Waals surface area contributed by atoms with Gasteiger partial charge in [0, 0.05) is 12.8 Å². The monoisotopic (exact) mass is 235 g/mol. The highest BCUT2D eigenvalue weighted by Gasteiger charge is 2.17. The SMILES string of the molecule is O=C(Cc1ccccc1F)CC1CCNCC1. The number of benzene rings is 1. The topological polar surface area (TPSA) is 29.1 Å². The van der Waals surface area contributed by atoms with Gasteiger partial charge in [0.1, 0.15) is 11.6 Å². The van der Waals surface area contributed by atoms with Gasteiger partial charge in [-0.2, -0.15) is 0 Å². The molecule has 1 heterocycles. The van der Waals surface area contributed by atoms with Crippen molar-refractivity contribution in [2.75, 3.05) is 13.1 Å². The molecule has 3 heteroatoms. The molecule has 0 aliphatic carbocycles. The zero-order chi connectivity index (χ0) is 12.1. The molecule has 0 aromatic heterocycles. The van der Waals surface area contributed by atoms with Crippen molar-refractivity contribution in [1.82, 2.24) is 5.32 Å². The van der Waals surface area contributed by atoms with E-state index in [9.17, 15) is 9.18 Å². The molecule has 1 saturated heterocycles. The first-order valence-electron chi connectivity index (χ1n) is 6.21. The van der Waals surface area contributed by atoms with Crippen molar-refractivity contribution in [2.45, 2.75) is 25.7 Å². The van der Waals surface area contributed by atoms with Crippen LogP contribution in [0, 0.1) is 11.7 Å². The first kappa shape index (κ1) is 12.2. The fraction of sp³-hybridized carbons (Fsp3) is 0.500. The number of piperidine rings is 1. The number of hydrogen-bond donors (Lipinski definition) is 1. The maximum absolute atomic E-state index is 13.4. The van der Waals surface area contributed by atoms with Crippen LogP contribution in [0.25, 0.3) is 0 Å². The smallest absolute Gasteiger partial charge is 0.137 e. The van der Waals surface area contributed by atoms with E-state index in [-0.39, 0.29) is 18.0 Å². The van der Waals surface area contributed by atoms with Crippen molar-refractivity contribution in [3.05, 3.63) is 35.6 Å². The highest BCUT2D eigenvalue weighted by atomic mass is 19.1. The normalized spacial score (nSPS) is 17.0. The Morgan fingerprint density at radius 2 is 2.00 bits per heavy atom. The van der Waals surface area contributed by atoms with Crippen LogP contribution in [0.3, 0.4) is 0 Å². The molecule has 92 valence electrons. The maximum Gasteiger partial charge on any atom is 0.137 e. The summed E-state index contributed by atoms with van der Waals surface area (Å²) in [6.45, 7) is 2.00. The summed E-state index contributed by atoms with van der Waals surface area (Å²) in [5.41, 5.74) is 0.520. The lowest BCUT2D eigenvalue weighted by Crippen LogP contribution is -2.29. The van der Waals surface area contributed by atoms with E-state index in [2.05, 4.69) is 5.32 Å². The molecule has 0 bridgehead atoms. The van der Waals surface area contributed by atoms with Gasteiger partial charge < -0.3 is 5.32 Å². The summed E-state index contributed by atoms with van der Waals surface area (Å²) in [5.74, 6) is 0.365. The fourth-order valence-corrected chi connectivity index (χ4v) is 2.33. The van der Waals surface area contributed by atoms with Gasteiger partial charge in [0.05, 0.1) is 0 Å². The minimum atomic E-state index is -0.272. The van der Waals surface area contributed by atoms with Crippen molar-refractivity contribution in [1.29, 1.82) is 0 Å². The van der Waals surface area contributed by atoms with Crippen molar-refractivity contribution >= 4 is 5.78 Å². The standard InChI is InChI=1S/C14H18FNO/c15-14-4-2-1-3-12(14)10-13(17)9-11-5-7-16-8-6-11/h1-4,11,16H,5-10H2. The van der Waals surface area contributed by atoms with Gasteiger partial charge in [0.25, 0.3) is 0 Å². The van der Waals surface area contributed by atoms with Gasteiger partial charge in [0.15, 0.2) is 0 Å². The first-order valence-corrected chi connectivity index (χ1v) is 6.21. The van der Waals surface area contributed by atoms with Crippen LogP contribution in [0.2, 0.25) is 0 Å². The Bertz CT molecular complexity index is 386. The predicted molar refractivity (Wildman–Crippen MR) is 65.3 cm³/mol. The molecule has 1 aromatic rings. The second kappa shape index (κ2) is 5.92. The number of halogens is 1. The zero-order valence-electron chi connectivity index (χ0n) is 9.92. The number of ketones is 1. The van der Waals surface area contributed by atoms with Crippen LogP contribution in [0.5, 0.6) is 0 Å². The molecule has 2 nitrogen and oxygen atoms in total. The second-order valence-corrected chi connectivity index (χ2v) is 4.70. The second-order valence-electron chi connectivity index (χ2n) is 4.70. The van der Waals surface area contributed by atoms with Crippen LogP contribution >= 0.6 is 0 Å². The van der Waals surface area contributed by atoms with Crippen LogP contribution in [-0.4, -0.2) is 18.9 Å².